The largest absolute Gasteiger partial charge is 0.467 e. The second kappa shape index (κ2) is 6.78. The standard InChI is InChI=1S/C18H14N2O4/c21-18(13-6-2-1-3-7-13)19-17(16-10-5-11-24-16)14-8-4-9-15(12-14)20(22)23/h1-12,17H,(H,19,21). The zero-order valence-corrected chi connectivity index (χ0v) is 12.6. The fourth-order valence-electron chi connectivity index (χ4n) is 2.40. The molecule has 0 aliphatic rings. The smallest absolute Gasteiger partial charge is 0.269 e. The second-order valence-corrected chi connectivity index (χ2v) is 5.14. The van der Waals surface area contributed by atoms with E-state index in [1.165, 1.54) is 18.4 Å². The van der Waals surface area contributed by atoms with Gasteiger partial charge in [0.1, 0.15) is 11.8 Å². The Kier molecular flexibility index (Phi) is 4.38. The highest BCUT2D eigenvalue weighted by Gasteiger charge is 2.22. The van der Waals surface area contributed by atoms with Crippen LogP contribution in [0.3, 0.4) is 0 Å². The Balaban J connectivity index is 1.95. The monoisotopic (exact) mass is 322 g/mol. The maximum atomic E-state index is 12.5. The Labute approximate surface area is 137 Å². The zero-order valence-electron chi connectivity index (χ0n) is 12.6. The summed E-state index contributed by atoms with van der Waals surface area (Å²) in [6.45, 7) is 0. The summed E-state index contributed by atoms with van der Waals surface area (Å²) in [5.41, 5.74) is 1.03. The van der Waals surface area contributed by atoms with E-state index in [-0.39, 0.29) is 11.6 Å². The van der Waals surface area contributed by atoms with E-state index >= 15 is 0 Å². The summed E-state index contributed by atoms with van der Waals surface area (Å²) in [7, 11) is 0. The fraction of sp³-hybridized carbons (Fsp3) is 0.0556. The summed E-state index contributed by atoms with van der Waals surface area (Å²) in [4.78, 5) is 23.0. The highest BCUT2D eigenvalue weighted by molar-refractivity contribution is 5.94. The Morgan fingerprint density at radius 3 is 2.50 bits per heavy atom. The van der Waals surface area contributed by atoms with Crippen molar-refractivity contribution in [2.45, 2.75) is 6.04 Å². The van der Waals surface area contributed by atoms with Gasteiger partial charge in [-0.05, 0) is 29.8 Å². The Morgan fingerprint density at radius 2 is 1.83 bits per heavy atom. The molecule has 0 saturated heterocycles. The maximum absolute atomic E-state index is 12.5. The second-order valence-electron chi connectivity index (χ2n) is 5.14. The van der Waals surface area contributed by atoms with Crippen molar-refractivity contribution in [2.75, 3.05) is 0 Å². The lowest BCUT2D eigenvalue weighted by molar-refractivity contribution is -0.384. The van der Waals surface area contributed by atoms with Gasteiger partial charge in [0, 0.05) is 17.7 Å². The van der Waals surface area contributed by atoms with Crippen LogP contribution in [0.15, 0.2) is 77.4 Å². The molecule has 120 valence electrons. The minimum atomic E-state index is -0.618. The van der Waals surface area contributed by atoms with Crippen molar-refractivity contribution < 1.29 is 14.1 Å². The number of benzene rings is 2. The summed E-state index contributed by atoms with van der Waals surface area (Å²) in [6, 6.07) is 17.7. The number of rotatable bonds is 5. The molecule has 0 saturated carbocycles. The van der Waals surface area contributed by atoms with E-state index in [2.05, 4.69) is 5.32 Å². The predicted molar refractivity (Wildman–Crippen MR) is 87.6 cm³/mol. The molecule has 1 unspecified atom stereocenters. The van der Waals surface area contributed by atoms with Gasteiger partial charge in [-0.3, -0.25) is 14.9 Å². The molecule has 0 bridgehead atoms. The average molecular weight is 322 g/mol. The van der Waals surface area contributed by atoms with Gasteiger partial charge in [0.15, 0.2) is 0 Å². The first kappa shape index (κ1) is 15.5. The average Bonchev–Trinajstić information content (AvgIpc) is 3.14. The molecule has 0 radical (unpaired) electrons. The molecule has 3 aromatic rings. The molecule has 6 heteroatoms. The number of hydrogen-bond acceptors (Lipinski definition) is 4. The van der Waals surface area contributed by atoms with Crippen molar-refractivity contribution in [3.05, 3.63) is 100.0 Å². The van der Waals surface area contributed by atoms with Crippen LogP contribution in [0.1, 0.15) is 27.7 Å². The molecule has 2 aromatic carbocycles. The number of nitro benzene ring substituents is 1. The molecule has 0 spiro atoms. The van der Waals surface area contributed by atoms with Crippen LogP contribution in [0, 0.1) is 10.1 Å². The van der Waals surface area contributed by atoms with E-state index in [1.807, 2.05) is 6.07 Å². The first-order valence-electron chi connectivity index (χ1n) is 7.29. The van der Waals surface area contributed by atoms with Crippen molar-refractivity contribution >= 4 is 11.6 Å². The molecule has 1 aromatic heterocycles. The number of nitro groups is 1. The molecule has 0 aliphatic carbocycles. The molecule has 1 heterocycles. The van der Waals surface area contributed by atoms with Gasteiger partial charge in [-0.15, -0.1) is 0 Å². The summed E-state index contributed by atoms with van der Waals surface area (Å²) >= 11 is 0. The molecule has 0 aliphatic heterocycles. The van der Waals surface area contributed by atoms with Crippen LogP contribution in [0.25, 0.3) is 0 Å². The van der Waals surface area contributed by atoms with Crippen LogP contribution >= 0.6 is 0 Å². The number of hydrogen-bond donors (Lipinski definition) is 1. The van der Waals surface area contributed by atoms with E-state index in [1.54, 1.807) is 48.5 Å². The lowest BCUT2D eigenvalue weighted by Gasteiger charge is -2.17. The van der Waals surface area contributed by atoms with Crippen LogP contribution in [0.2, 0.25) is 0 Å². The molecule has 6 nitrogen and oxygen atoms in total. The minimum Gasteiger partial charge on any atom is -0.467 e. The van der Waals surface area contributed by atoms with Crippen LogP contribution in [0.4, 0.5) is 5.69 Å². The molecule has 24 heavy (non-hydrogen) atoms. The number of amides is 1. The molecule has 1 atom stereocenters. The zero-order chi connectivity index (χ0) is 16.9. The number of carbonyl (C=O) groups is 1. The third kappa shape index (κ3) is 3.33. The number of nitrogens with zero attached hydrogens (tertiary/aromatic N) is 1. The van der Waals surface area contributed by atoms with Crippen molar-refractivity contribution in [1.29, 1.82) is 0 Å². The molecule has 1 amide bonds. The third-order valence-electron chi connectivity index (χ3n) is 3.55. The number of carbonyl (C=O) groups excluding carboxylic acids is 1. The fourth-order valence-corrected chi connectivity index (χ4v) is 2.40. The molecule has 0 fully saturated rings. The maximum Gasteiger partial charge on any atom is 0.269 e. The minimum absolute atomic E-state index is 0.0435. The first-order chi connectivity index (χ1) is 11.6. The molecule has 3 rings (SSSR count). The predicted octanol–water partition coefficient (Wildman–Crippen LogP) is 3.71. The number of furan rings is 1. The van der Waals surface area contributed by atoms with E-state index in [4.69, 9.17) is 4.42 Å². The van der Waals surface area contributed by atoms with Crippen molar-refractivity contribution in [1.82, 2.24) is 5.32 Å². The third-order valence-corrected chi connectivity index (χ3v) is 3.55. The summed E-state index contributed by atoms with van der Waals surface area (Å²) in [5, 5.41) is 13.9. The topological polar surface area (TPSA) is 85.4 Å². The highest BCUT2D eigenvalue weighted by Crippen LogP contribution is 2.26. The van der Waals surface area contributed by atoms with Crippen molar-refractivity contribution in [3.8, 4) is 0 Å². The van der Waals surface area contributed by atoms with Crippen molar-refractivity contribution in [3.63, 3.8) is 0 Å². The van der Waals surface area contributed by atoms with Crippen LogP contribution < -0.4 is 5.32 Å². The number of nitrogens with one attached hydrogen (secondary N) is 1. The van der Waals surface area contributed by atoms with Gasteiger partial charge >= 0.3 is 0 Å². The lowest BCUT2D eigenvalue weighted by atomic mass is 10.0. The van der Waals surface area contributed by atoms with Crippen molar-refractivity contribution in [2.24, 2.45) is 0 Å². The van der Waals surface area contributed by atoms with E-state index in [0.717, 1.165) is 0 Å². The van der Waals surface area contributed by atoms with Gasteiger partial charge in [-0.1, -0.05) is 30.3 Å². The molecular formula is C18H14N2O4. The Morgan fingerprint density at radius 1 is 1.04 bits per heavy atom. The van der Waals surface area contributed by atoms with Gasteiger partial charge < -0.3 is 9.73 Å². The van der Waals surface area contributed by atoms with Crippen LogP contribution in [0.5, 0.6) is 0 Å². The Bertz CT molecular complexity index is 844. The Hall–Kier alpha value is -3.41. The van der Waals surface area contributed by atoms with Gasteiger partial charge in [0.2, 0.25) is 0 Å². The summed E-state index contributed by atoms with van der Waals surface area (Å²) in [6.07, 6.45) is 1.49. The SMILES string of the molecule is O=C(NC(c1cccc([N+](=O)[O-])c1)c1ccco1)c1ccccc1. The normalized spacial score (nSPS) is 11.7. The van der Waals surface area contributed by atoms with Crippen LogP contribution in [-0.4, -0.2) is 10.8 Å². The van der Waals surface area contributed by atoms with E-state index < -0.39 is 11.0 Å². The number of non-ortho nitro benzene ring substituents is 1. The highest BCUT2D eigenvalue weighted by atomic mass is 16.6. The van der Waals surface area contributed by atoms with Gasteiger partial charge in [0.25, 0.3) is 11.6 Å². The van der Waals surface area contributed by atoms with E-state index in [9.17, 15) is 14.9 Å². The van der Waals surface area contributed by atoms with Gasteiger partial charge in [-0.2, -0.15) is 0 Å². The van der Waals surface area contributed by atoms with Gasteiger partial charge in [0.05, 0.1) is 11.2 Å². The summed E-state index contributed by atoms with van der Waals surface area (Å²) < 4.78 is 5.40. The van der Waals surface area contributed by atoms with E-state index in [0.29, 0.717) is 16.9 Å². The quantitative estimate of drug-likeness (QED) is 0.573. The molecular weight excluding hydrogens is 308 g/mol. The molecule has 1 N–H and O–H groups in total. The first-order valence-corrected chi connectivity index (χ1v) is 7.29. The van der Waals surface area contributed by atoms with Crippen LogP contribution in [-0.2, 0) is 0 Å². The lowest BCUT2D eigenvalue weighted by Crippen LogP contribution is -2.29. The summed E-state index contributed by atoms with van der Waals surface area (Å²) in [5.74, 6) is 0.211. The van der Waals surface area contributed by atoms with Gasteiger partial charge in [-0.25, -0.2) is 0 Å².